The lowest BCUT2D eigenvalue weighted by Gasteiger charge is -2.18. The van der Waals surface area contributed by atoms with E-state index in [1.165, 1.54) is 0 Å². The van der Waals surface area contributed by atoms with Gasteiger partial charge in [-0.15, -0.1) is 0 Å². The molecule has 0 radical (unpaired) electrons. The average Bonchev–Trinajstić information content (AvgIpc) is 3.48. The third kappa shape index (κ3) is 3.29. The lowest BCUT2D eigenvalue weighted by molar-refractivity contribution is -0.122. The summed E-state index contributed by atoms with van der Waals surface area (Å²) in [7, 11) is 0. The van der Waals surface area contributed by atoms with Gasteiger partial charge in [-0.25, -0.2) is 0 Å². The number of benzene rings is 2. The van der Waals surface area contributed by atoms with Crippen molar-refractivity contribution in [1.29, 1.82) is 0 Å². The molecule has 1 N–H and O–H groups in total. The largest absolute Gasteiger partial charge is 0.376 e. The van der Waals surface area contributed by atoms with E-state index < -0.39 is 0 Å². The average molecular weight is 454 g/mol. The van der Waals surface area contributed by atoms with Gasteiger partial charge in [-0.2, -0.15) is 0 Å². The fraction of sp³-hybridized carbons (Fsp3) is 0.286. The van der Waals surface area contributed by atoms with Crippen LogP contribution in [0.2, 0.25) is 0 Å². The van der Waals surface area contributed by atoms with Gasteiger partial charge in [0.1, 0.15) is 0 Å². The molecule has 6 heteroatoms. The van der Waals surface area contributed by atoms with Crippen molar-refractivity contribution in [3.8, 4) is 0 Å². The van der Waals surface area contributed by atoms with Gasteiger partial charge in [0.15, 0.2) is 0 Å². The molecule has 0 fully saturated rings. The number of nitrogens with zero attached hydrogens (tertiary/aromatic N) is 2. The molecule has 4 heterocycles. The Bertz CT molecular complexity index is 1470. The monoisotopic (exact) mass is 453 g/mol. The molecule has 34 heavy (non-hydrogen) atoms. The van der Waals surface area contributed by atoms with Gasteiger partial charge >= 0.3 is 0 Å². The van der Waals surface area contributed by atoms with Gasteiger partial charge in [-0.05, 0) is 25.0 Å². The minimum absolute atomic E-state index is 0.171. The van der Waals surface area contributed by atoms with E-state index in [4.69, 9.17) is 4.74 Å². The number of ether oxygens (including phenoxy) is 1. The van der Waals surface area contributed by atoms with Crippen molar-refractivity contribution in [3.05, 3.63) is 72.1 Å². The Balaban J connectivity index is 1.64. The number of hydrogen-bond acceptors (Lipinski definition) is 3. The summed E-state index contributed by atoms with van der Waals surface area (Å²) in [6.07, 6.45) is 7.17. The molecule has 1 atom stereocenters. The van der Waals surface area contributed by atoms with Crippen molar-refractivity contribution in [3.63, 3.8) is 0 Å². The first kappa shape index (κ1) is 20.9. The van der Waals surface area contributed by atoms with Crippen LogP contribution < -0.4 is 5.32 Å². The summed E-state index contributed by atoms with van der Waals surface area (Å²) >= 11 is 0. The number of nitrogens with one attached hydrogen (secondary N) is 1. The topological polar surface area (TPSA) is 65.3 Å². The zero-order chi connectivity index (χ0) is 23.2. The summed E-state index contributed by atoms with van der Waals surface area (Å²) in [5.74, 6) is -0.676. The zero-order valence-corrected chi connectivity index (χ0v) is 19.2. The molecule has 6 nitrogen and oxygen atoms in total. The highest BCUT2D eigenvalue weighted by Gasteiger charge is 2.35. The molecule has 4 bridgehead atoms. The Morgan fingerprint density at radius 3 is 2.00 bits per heavy atom. The molecule has 0 saturated carbocycles. The molecular weight excluding hydrogens is 426 g/mol. The SMILES string of the molecule is CCC[C@@H]1CCn2cc(c3ccccc32)C2=C(C(=O)NC2=O)c2cn(c3ccccc23)CCO1. The van der Waals surface area contributed by atoms with Gasteiger partial charge in [0, 0.05) is 58.4 Å². The number of carbonyl (C=O) groups is 2. The fourth-order valence-electron chi connectivity index (χ4n) is 5.46. The van der Waals surface area contributed by atoms with E-state index in [1.807, 2.05) is 48.8 Å². The Labute approximate surface area is 197 Å². The van der Waals surface area contributed by atoms with Crippen molar-refractivity contribution < 1.29 is 14.3 Å². The first-order valence-corrected chi connectivity index (χ1v) is 12.0. The number of para-hydroxylation sites is 2. The maximum atomic E-state index is 13.2. The maximum absolute atomic E-state index is 13.2. The molecule has 2 amide bonds. The Morgan fingerprint density at radius 1 is 0.853 bits per heavy atom. The second kappa shape index (κ2) is 8.29. The Morgan fingerprint density at radius 2 is 1.41 bits per heavy atom. The molecule has 0 aliphatic carbocycles. The molecular formula is C28H27N3O3. The highest BCUT2D eigenvalue weighted by molar-refractivity contribution is 6.50. The number of imide groups is 1. The number of amides is 2. The van der Waals surface area contributed by atoms with Crippen LogP contribution in [0.15, 0.2) is 60.9 Å². The van der Waals surface area contributed by atoms with Crippen molar-refractivity contribution >= 4 is 44.8 Å². The second-order valence-electron chi connectivity index (χ2n) is 9.11. The number of hydrogen-bond donors (Lipinski definition) is 1. The van der Waals surface area contributed by atoms with Crippen LogP contribution in [0.1, 0.15) is 37.3 Å². The van der Waals surface area contributed by atoms with Crippen molar-refractivity contribution in [2.75, 3.05) is 6.61 Å². The second-order valence-corrected chi connectivity index (χ2v) is 9.11. The number of fused-ring (bicyclic) bond motifs is 12. The standard InChI is InChI=1S/C28H27N3O3/c1-2-7-18-12-13-30-16-21(19-8-3-5-10-23(19)30)25-26(28(33)29-27(25)32)22-17-31(14-15-34-18)24-11-6-4-9-20(22)24/h3-6,8-11,16-18H,2,7,12-15H2,1H3,(H,29,32,33)/t18-/m1/s1. The molecule has 0 unspecified atom stereocenters. The van der Waals surface area contributed by atoms with Crippen molar-refractivity contribution in [1.82, 2.24) is 14.5 Å². The van der Waals surface area contributed by atoms with Crippen LogP contribution in [0, 0.1) is 0 Å². The van der Waals surface area contributed by atoms with Gasteiger partial charge in [0.05, 0.1) is 23.9 Å². The van der Waals surface area contributed by atoms with Gasteiger partial charge in [-0.3, -0.25) is 14.9 Å². The van der Waals surface area contributed by atoms with Crippen LogP contribution in [-0.2, 0) is 27.4 Å². The van der Waals surface area contributed by atoms with Crippen LogP contribution in [0.25, 0.3) is 33.0 Å². The summed E-state index contributed by atoms with van der Waals surface area (Å²) in [4.78, 5) is 26.3. The number of carbonyl (C=O) groups excluding carboxylic acids is 2. The number of aryl methyl sites for hydroxylation is 1. The highest BCUT2D eigenvalue weighted by Crippen LogP contribution is 2.39. The predicted octanol–water partition coefficient (Wildman–Crippen LogP) is 4.75. The van der Waals surface area contributed by atoms with Gasteiger partial charge in [0.2, 0.25) is 0 Å². The normalized spacial score (nSPS) is 18.9. The Hall–Kier alpha value is -3.64. The first-order chi connectivity index (χ1) is 16.7. The maximum Gasteiger partial charge on any atom is 0.259 e. The van der Waals surface area contributed by atoms with Crippen LogP contribution in [0.3, 0.4) is 0 Å². The lowest BCUT2D eigenvalue weighted by atomic mass is 9.95. The first-order valence-electron chi connectivity index (χ1n) is 12.0. The van der Waals surface area contributed by atoms with Crippen LogP contribution in [-0.4, -0.2) is 33.7 Å². The predicted molar refractivity (Wildman–Crippen MR) is 133 cm³/mol. The number of rotatable bonds is 2. The molecule has 2 aliphatic heterocycles. The van der Waals surface area contributed by atoms with Crippen LogP contribution in [0.4, 0.5) is 0 Å². The summed E-state index contributed by atoms with van der Waals surface area (Å²) in [5.41, 5.74) is 4.59. The van der Waals surface area contributed by atoms with E-state index >= 15 is 0 Å². The highest BCUT2D eigenvalue weighted by atomic mass is 16.5. The van der Waals surface area contributed by atoms with E-state index in [-0.39, 0.29) is 17.9 Å². The quantitative estimate of drug-likeness (QED) is 0.446. The van der Waals surface area contributed by atoms with Crippen molar-refractivity contribution in [2.24, 2.45) is 0 Å². The molecule has 2 aliphatic rings. The lowest BCUT2D eigenvalue weighted by Crippen LogP contribution is -2.22. The smallest absolute Gasteiger partial charge is 0.259 e. The molecule has 172 valence electrons. The van der Waals surface area contributed by atoms with Crippen LogP contribution in [0.5, 0.6) is 0 Å². The summed E-state index contributed by atoms with van der Waals surface area (Å²) in [5, 5.41) is 4.51. The van der Waals surface area contributed by atoms with Gasteiger partial charge in [-0.1, -0.05) is 49.7 Å². The van der Waals surface area contributed by atoms with Gasteiger partial charge < -0.3 is 13.9 Å². The van der Waals surface area contributed by atoms with E-state index in [1.54, 1.807) is 0 Å². The van der Waals surface area contributed by atoms with E-state index in [0.717, 1.165) is 58.7 Å². The van der Waals surface area contributed by atoms with E-state index in [2.05, 4.69) is 33.5 Å². The van der Waals surface area contributed by atoms with E-state index in [0.29, 0.717) is 24.3 Å². The molecule has 2 aromatic heterocycles. The number of aromatic nitrogens is 2. The Kier molecular flexibility index (Phi) is 5.11. The molecule has 6 rings (SSSR count). The summed E-state index contributed by atoms with van der Waals surface area (Å²) < 4.78 is 10.7. The molecule has 4 aromatic rings. The minimum Gasteiger partial charge on any atom is -0.376 e. The van der Waals surface area contributed by atoms with E-state index in [9.17, 15) is 9.59 Å². The molecule has 2 aromatic carbocycles. The third-order valence-electron chi connectivity index (χ3n) is 7.04. The zero-order valence-electron chi connectivity index (χ0n) is 19.2. The van der Waals surface area contributed by atoms with Crippen LogP contribution >= 0.6 is 0 Å². The third-order valence-corrected chi connectivity index (χ3v) is 7.04. The van der Waals surface area contributed by atoms with Crippen molar-refractivity contribution in [2.45, 2.75) is 45.4 Å². The molecule has 0 spiro atoms. The minimum atomic E-state index is -0.342. The summed E-state index contributed by atoms with van der Waals surface area (Å²) in [6, 6.07) is 16.1. The molecule has 0 saturated heterocycles. The fourth-order valence-corrected chi connectivity index (χ4v) is 5.46. The van der Waals surface area contributed by atoms with Gasteiger partial charge in [0.25, 0.3) is 11.8 Å². The summed E-state index contributed by atoms with van der Waals surface area (Å²) in [6.45, 7) is 4.26.